The van der Waals surface area contributed by atoms with Crippen molar-refractivity contribution in [1.82, 2.24) is 0 Å². The van der Waals surface area contributed by atoms with Crippen molar-refractivity contribution in [3.63, 3.8) is 0 Å². The third-order valence-corrected chi connectivity index (χ3v) is 5.37. The number of fused-ring (bicyclic) bond motifs is 1. The third kappa shape index (κ3) is 3.56. The van der Waals surface area contributed by atoms with E-state index in [2.05, 4.69) is 46.8 Å². The number of allylic oxidation sites excluding steroid dienone is 6. The first-order chi connectivity index (χ1) is 9.83. The van der Waals surface area contributed by atoms with Crippen LogP contribution in [0.15, 0.2) is 34.4 Å². The van der Waals surface area contributed by atoms with E-state index in [0.717, 1.165) is 44.1 Å². The summed E-state index contributed by atoms with van der Waals surface area (Å²) in [7, 11) is 0. The quantitative estimate of drug-likeness (QED) is 0.408. The monoisotopic (exact) mass is 286 g/mol. The highest BCUT2D eigenvalue weighted by Crippen LogP contribution is 2.51. The summed E-state index contributed by atoms with van der Waals surface area (Å²) < 4.78 is 0. The molecule has 0 bridgehead atoms. The molecule has 1 nitrogen and oxygen atoms in total. The molecule has 0 aromatic heterocycles. The van der Waals surface area contributed by atoms with Gasteiger partial charge in [-0.3, -0.25) is 4.79 Å². The number of ketones is 1. The maximum Gasteiger partial charge on any atom is 0.159 e. The largest absolute Gasteiger partial charge is 0.295 e. The Morgan fingerprint density at radius 2 is 1.81 bits per heavy atom. The van der Waals surface area contributed by atoms with Crippen LogP contribution in [0.1, 0.15) is 73.1 Å². The topological polar surface area (TPSA) is 17.1 Å². The minimum absolute atomic E-state index is 0.121. The Hall–Kier alpha value is -1.11. The standard InChI is InChI=1S/C20H30O/c1-14(2)19-17-10-9-15(3)7-6-8-16(4)11-12-20(17,5)13-18(19)21/h7,11,17H,6,8-10,12-13H2,1-5H3/b15-7+,16-11+/t17?,20-/m1/s1. The zero-order chi connectivity index (χ0) is 15.6. The first-order valence-electron chi connectivity index (χ1n) is 8.35. The maximum atomic E-state index is 12.5. The molecule has 2 aliphatic rings. The summed E-state index contributed by atoms with van der Waals surface area (Å²) in [4.78, 5) is 12.5. The number of carbonyl (C=O) groups excluding carboxylic acids is 1. The fraction of sp³-hybridized carbons (Fsp3) is 0.650. The van der Waals surface area contributed by atoms with Gasteiger partial charge in [0, 0.05) is 6.42 Å². The van der Waals surface area contributed by atoms with Gasteiger partial charge in [-0.15, -0.1) is 0 Å². The van der Waals surface area contributed by atoms with Gasteiger partial charge in [-0.05, 0) is 76.7 Å². The fourth-order valence-corrected chi connectivity index (χ4v) is 3.99. The van der Waals surface area contributed by atoms with Crippen molar-refractivity contribution in [2.24, 2.45) is 11.3 Å². The minimum atomic E-state index is 0.121. The molecular formula is C20H30O. The maximum absolute atomic E-state index is 12.5. The van der Waals surface area contributed by atoms with Crippen LogP contribution in [-0.4, -0.2) is 5.78 Å². The van der Waals surface area contributed by atoms with Crippen LogP contribution in [-0.2, 0) is 4.79 Å². The zero-order valence-corrected chi connectivity index (χ0v) is 14.4. The van der Waals surface area contributed by atoms with Crippen molar-refractivity contribution in [3.8, 4) is 0 Å². The molecule has 2 rings (SSSR count). The predicted molar refractivity (Wildman–Crippen MR) is 90.2 cm³/mol. The summed E-state index contributed by atoms with van der Waals surface area (Å²) in [5.74, 6) is 0.827. The summed E-state index contributed by atoms with van der Waals surface area (Å²) in [5.41, 5.74) is 5.44. The van der Waals surface area contributed by atoms with Crippen LogP contribution >= 0.6 is 0 Å². The van der Waals surface area contributed by atoms with Crippen molar-refractivity contribution < 1.29 is 4.79 Å². The molecule has 0 aliphatic heterocycles. The highest BCUT2D eigenvalue weighted by atomic mass is 16.1. The van der Waals surface area contributed by atoms with Crippen molar-refractivity contribution in [3.05, 3.63) is 34.4 Å². The number of hydrogen-bond donors (Lipinski definition) is 0. The molecule has 0 aromatic rings. The molecule has 1 saturated carbocycles. The van der Waals surface area contributed by atoms with E-state index >= 15 is 0 Å². The third-order valence-electron chi connectivity index (χ3n) is 5.37. The van der Waals surface area contributed by atoms with Crippen molar-refractivity contribution >= 4 is 5.78 Å². The molecule has 0 radical (unpaired) electrons. The van der Waals surface area contributed by atoms with Crippen LogP contribution in [0.25, 0.3) is 0 Å². The summed E-state index contributed by atoms with van der Waals surface area (Å²) in [6.07, 6.45) is 11.1. The van der Waals surface area contributed by atoms with Gasteiger partial charge in [0.2, 0.25) is 0 Å². The van der Waals surface area contributed by atoms with E-state index in [1.165, 1.54) is 16.7 Å². The summed E-state index contributed by atoms with van der Waals surface area (Å²) in [6.45, 7) is 11.0. The molecule has 1 unspecified atom stereocenters. The molecule has 1 heteroatoms. The average molecular weight is 286 g/mol. The molecular weight excluding hydrogens is 256 g/mol. The second kappa shape index (κ2) is 6.34. The molecule has 0 aromatic carbocycles. The van der Waals surface area contributed by atoms with Gasteiger partial charge in [-0.25, -0.2) is 0 Å². The van der Waals surface area contributed by atoms with Crippen LogP contribution in [0.5, 0.6) is 0 Å². The lowest BCUT2D eigenvalue weighted by Gasteiger charge is -2.31. The lowest BCUT2D eigenvalue weighted by atomic mass is 9.72. The first-order valence-corrected chi connectivity index (χ1v) is 8.35. The van der Waals surface area contributed by atoms with E-state index < -0.39 is 0 Å². The molecule has 0 amide bonds. The SMILES string of the molecule is CC(C)=C1C(=O)C[C@@]2(C)C/C=C(\C)CC/C=C(\C)CCC12. The Morgan fingerprint density at radius 1 is 1.14 bits per heavy atom. The lowest BCUT2D eigenvalue weighted by molar-refractivity contribution is -0.115. The van der Waals surface area contributed by atoms with Crippen LogP contribution in [0.2, 0.25) is 0 Å². The van der Waals surface area contributed by atoms with E-state index in [4.69, 9.17) is 0 Å². The number of carbonyl (C=O) groups is 1. The molecule has 2 atom stereocenters. The molecule has 2 aliphatic carbocycles. The highest BCUT2D eigenvalue weighted by molar-refractivity contribution is 5.99. The number of rotatable bonds is 0. The summed E-state index contributed by atoms with van der Waals surface area (Å²) >= 11 is 0. The Labute approximate surface area is 130 Å². The summed E-state index contributed by atoms with van der Waals surface area (Å²) in [5, 5.41) is 0. The normalized spacial score (nSPS) is 36.1. The predicted octanol–water partition coefficient (Wildman–Crippen LogP) is 5.77. The Morgan fingerprint density at radius 3 is 2.48 bits per heavy atom. The van der Waals surface area contributed by atoms with Gasteiger partial charge < -0.3 is 0 Å². The molecule has 0 saturated heterocycles. The smallest absolute Gasteiger partial charge is 0.159 e. The minimum Gasteiger partial charge on any atom is -0.295 e. The average Bonchev–Trinajstić information content (AvgIpc) is 2.64. The summed E-state index contributed by atoms with van der Waals surface area (Å²) in [6, 6.07) is 0. The highest BCUT2D eigenvalue weighted by Gasteiger charge is 2.46. The van der Waals surface area contributed by atoms with Crippen molar-refractivity contribution in [1.29, 1.82) is 0 Å². The van der Waals surface area contributed by atoms with E-state index in [1.54, 1.807) is 0 Å². The molecule has 0 heterocycles. The van der Waals surface area contributed by atoms with Gasteiger partial charge >= 0.3 is 0 Å². The number of Topliss-reactive ketones (excluding diaryl/α,β-unsaturated/α-hetero) is 1. The van der Waals surface area contributed by atoms with Gasteiger partial charge in [-0.1, -0.05) is 35.8 Å². The van der Waals surface area contributed by atoms with Crippen LogP contribution in [0, 0.1) is 11.3 Å². The molecule has 21 heavy (non-hydrogen) atoms. The number of hydrogen-bond acceptors (Lipinski definition) is 1. The first kappa shape index (κ1) is 16.3. The lowest BCUT2D eigenvalue weighted by Crippen LogP contribution is -2.22. The fourth-order valence-electron chi connectivity index (χ4n) is 3.99. The second-order valence-corrected chi connectivity index (χ2v) is 7.60. The van der Waals surface area contributed by atoms with Crippen LogP contribution in [0.4, 0.5) is 0 Å². The van der Waals surface area contributed by atoms with Gasteiger partial charge in [0.05, 0.1) is 0 Å². The molecule has 116 valence electrons. The van der Waals surface area contributed by atoms with E-state index in [-0.39, 0.29) is 5.41 Å². The molecule has 0 N–H and O–H groups in total. The van der Waals surface area contributed by atoms with Crippen molar-refractivity contribution in [2.45, 2.75) is 73.1 Å². The molecule has 1 fully saturated rings. The van der Waals surface area contributed by atoms with Gasteiger partial charge in [-0.2, -0.15) is 0 Å². The van der Waals surface area contributed by atoms with Crippen molar-refractivity contribution in [2.75, 3.05) is 0 Å². The Balaban J connectivity index is 2.40. The Kier molecular flexibility index (Phi) is 4.91. The van der Waals surface area contributed by atoms with E-state index in [1.807, 2.05) is 0 Å². The van der Waals surface area contributed by atoms with Gasteiger partial charge in [0.1, 0.15) is 0 Å². The molecule has 0 spiro atoms. The van der Waals surface area contributed by atoms with Crippen LogP contribution < -0.4 is 0 Å². The second-order valence-electron chi connectivity index (χ2n) is 7.60. The van der Waals surface area contributed by atoms with Gasteiger partial charge in [0.25, 0.3) is 0 Å². The van der Waals surface area contributed by atoms with E-state index in [9.17, 15) is 4.79 Å². The zero-order valence-electron chi connectivity index (χ0n) is 14.4. The van der Waals surface area contributed by atoms with Gasteiger partial charge in [0.15, 0.2) is 5.78 Å². The Bertz CT molecular complexity index is 514. The van der Waals surface area contributed by atoms with E-state index in [0.29, 0.717) is 11.7 Å². The van der Waals surface area contributed by atoms with Crippen LogP contribution in [0.3, 0.4) is 0 Å².